The number of carbonyl (C=O) groups excluding carboxylic acids is 1. The number of carbonyl (C=O) groups is 1. The molecule has 0 unspecified atom stereocenters. The van der Waals surface area contributed by atoms with Gasteiger partial charge in [0.1, 0.15) is 0 Å². The zero-order chi connectivity index (χ0) is 9.84. The molecule has 0 aliphatic carbocycles. The molecule has 1 aromatic carbocycles. The normalized spacial score (nSPS) is 9.77. The van der Waals surface area contributed by atoms with E-state index in [1.165, 1.54) is 0 Å². The van der Waals surface area contributed by atoms with E-state index in [0.717, 1.165) is 15.6 Å². The van der Waals surface area contributed by atoms with E-state index >= 15 is 0 Å². The van der Waals surface area contributed by atoms with Gasteiger partial charge >= 0.3 is 0 Å². The Morgan fingerprint density at radius 2 is 2.31 bits per heavy atom. The van der Waals surface area contributed by atoms with Crippen LogP contribution in [-0.2, 0) is 11.2 Å². The van der Waals surface area contributed by atoms with Gasteiger partial charge in [-0.15, -0.1) is 0 Å². The van der Waals surface area contributed by atoms with Crippen LogP contribution >= 0.6 is 15.9 Å². The van der Waals surface area contributed by atoms with Crippen molar-refractivity contribution >= 4 is 21.8 Å². The molecular weight excluding hydrogens is 232 g/mol. The summed E-state index contributed by atoms with van der Waals surface area (Å²) in [5, 5.41) is 0. The number of aryl methyl sites for hydroxylation is 1. The largest absolute Gasteiger partial charge is 0.294 e. The first-order chi connectivity index (χ1) is 6.13. The molecule has 4 heteroatoms. The third-order valence-electron chi connectivity index (χ3n) is 1.82. The minimum absolute atomic E-state index is 0.179. The fourth-order valence-electron chi connectivity index (χ4n) is 1.05. The second-order valence-electron chi connectivity index (χ2n) is 2.82. The van der Waals surface area contributed by atoms with Crippen molar-refractivity contribution in [3.05, 3.63) is 33.8 Å². The molecule has 0 atom stereocenters. The van der Waals surface area contributed by atoms with Gasteiger partial charge in [-0.1, -0.05) is 22.0 Å². The number of halogens is 1. The Morgan fingerprint density at radius 3 is 2.92 bits per heavy atom. The molecule has 0 bridgehead atoms. The molecule has 0 aliphatic rings. The highest BCUT2D eigenvalue weighted by molar-refractivity contribution is 9.10. The summed E-state index contributed by atoms with van der Waals surface area (Å²) in [6, 6.07) is 5.83. The third kappa shape index (κ3) is 2.82. The fraction of sp³-hybridized carbons (Fsp3) is 0.222. The summed E-state index contributed by atoms with van der Waals surface area (Å²) >= 11 is 3.35. The Balaban J connectivity index is 2.87. The van der Waals surface area contributed by atoms with Gasteiger partial charge in [0.15, 0.2) is 0 Å². The van der Waals surface area contributed by atoms with Crippen molar-refractivity contribution in [2.24, 2.45) is 5.84 Å². The van der Waals surface area contributed by atoms with Gasteiger partial charge in [-0.25, -0.2) is 5.84 Å². The van der Waals surface area contributed by atoms with E-state index in [1.807, 2.05) is 25.1 Å². The van der Waals surface area contributed by atoms with Crippen molar-refractivity contribution in [2.45, 2.75) is 13.3 Å². The number of rotatable bonds is 2. The standard InChI is InChI=1S/C9H11BrN2O/c1-6-2-3-8(10)4-7(6)5-9(13)12-11/h2-4H,5,11H2,1H3,(H,12,13). The summed E-state index contributed by atoms with van der Waals surface area (Å²) in [6.45, 7) is 1.96. The molecule has 0 saturated carbocycles. The highest BCUT2D eigenvalue weighted by Crippen LogP contribution is 2.16. The zero-order valence-corrected chi connectivity index (χ0v) is 8.89. The lowest BCUT2D eigenvalue weighted by Crippen LogP contribution is -2.31. The van der Waals surface area contributed by atoms with Gasteiger partial charge < -0.3 is 0 Å². The minimum Gasteiger partial charge on any atom is -0.294 e. The summed E-state index contributed by atoms with van der Waals surface area (Å²) in [5.74, 6) is 4.82. The molecule has 0 spiro atoms. The molecule has 1 aromatic rings. The molecule has 0 heterocycles. The van der Waals surface area contributed by atoms with Crippen molar-refractivity contribution in [1.29, 1.82) is 0 Å². The fourth-order valence-corrected chi connectivity index (χ4v) is 1.46. The Bertz CT molecular complexity index is 325. The summed E-state index contributed by atoms with van der Waals surface area (Å²) < 4.78 is 0.970. The number of nitrogens with two attached hydrogens (primary N) is 1. The number of hydrazine groups is 1. The van der Waals surface area contributed by atoms with Crippen LogP contribution in [0.4, 0.5) is 0 Å². The Hall–Kier alpha value is -0.870. The van der Waals surface area contributed by atoms with Crippen LogP contribution in [0.15, 0.2) is 22.7 Å². The lowest BCUT2D eigenvalue weighted by Gasteiger charge is -2.04. The van der Waals surface area contributed by atoms with Crippen LogP contribution in [0.2, 0.25) is 0 Å². The molecule has 13 heavy (non-hydrogen) atoms. The second kappa shape index (κ2) is 4.39. The molecule has 0 aliphatic heterocycles. The van der Waals surface area contributed by atoms with Crippen molar-refractivity contribution in [3.8, 4) is 0 Å². The van der Waals surface area contributed by atoms with E-state index in [-0.39, 0.29) is 5.91 Å². The van der Waals surface area contributed by atoms with Crippen LogP contribution in [0.25, 0.3) is 0 Å². The van der Waals surface area contributed by atoms with Crippen LogP contribution < -0.4 is 11.3 Å². The van der Waals surface area contributed by atoms with Crippen molar-refractivity contribution in [3.63, 3.8) is 0 Å². The quantitative estimate of drug-likeness (QED) is 0.467. The van der Waals surface area contributed by atoms with E-state index in [1.54, 1.807) is 0 Å². The van der Waals surface area contributed by atoms with E-state index in [0.29, 0.717) is 6.42 Å². The van der Waals surface area contributed by atoms with E-state index < -0.39 is 0 Å². The minimum atomic E-state index is -0.179. The van der Waals surface area contributed by atoms with Gasteiger partial charge in [0.05, 0.1) is 6.42 Å². The third-order valence-corrected chi connectivity index (χ3v) is 2.32. The maximum Gasteiger partial charge on any atom is 0.238 e. The molecule has 1 amide bonds. The predicted molar refractivity (Wildman–Crippen MR) is 54.9 cm³/mol. The molecule has 3 nitrogen and oxygen atoms in total. The Kier molecular flexibility index (Phi) is 3.45. The first kappa shape index (κ1) is 10.2. The van der Waals surface area contributed by atoms with Gasteiger partial charge in [-0.2, -0.15) is 0 Å². The number of hydrogen-bond donors (Lipinski definition) is 2. The van der Waals surface area contributed by atoms with Gasteiger partial charge in [0.2, 0.25) is 5.91 Å². The molecule has 3 N–H and O–H groups in total. The topological polar surface area (TPSA) is 55.1 Å². The summed E-state index contributed by atoms with van der Waals surface area (Å²) in [5.41, 5.74) is 4.18. The number of benzene rings is 1. The van der Waals surface area contributed by atoms with Gasteiger partial charge in [-0.3, -0.25) is 10.2 Å². The summed E-state index contributed by atoms with van der Waals surface area (Å²) in [4.78, 5) is 11.0. The molecular formula is C9H11BrN2O. The molecule has 0 saturated heterocycles. The lowest BCUT2D eigenvalue weighted by molar-refractivity contribution is -0.120. The first-order valence-electron chi connectivity index (χ1n) is 3.88. The second-order valence-corrected chi connectivity index (χ2v) is 3.73. The van der Waals surface area contributed by atoms with Crippen LogP contribution in [0.5, 0.6) is 0 Å². The Morgan fingerprint density at radius 1 is 1.62 bits per heavy atom. The average molecular weight is 243 g/mol. The van der Waals surface area contributed by atoms with Crippen molar-refractivity contribution in [1.82, 2.24) is 5.43 Å². The van der Waals surface area contributed by atoms with Crippen LogP contribution in [0.3, 0.4) is 0 Å². The van der Waals surface area contributed by atoms with Crippen LogP contribution in [-0.4, -0.2) is 5.91 Å². The maximum absolute atomic E-state index is 11.0. The molecule has 0 aromatic heterocycles. The van der Waals surface area contributed by atoms with Crippen LogP contribution in [0.1, 0.15) is 11.1 Å². The van der Waals surface area contributed by atoms with Gasteiger partial charge in [0.25, 0.3) is 0 Å². The molecule has 1 rings (SSSR count). The molecule has 0 fully saturated rings. The number of amides is 1. The van der Waals surface area contributed by atoms with Gasteiger partial charge in [0, 0.05) is 4.47 Å². The van der Waals surface area contributed by atoms with E-state index in [9.17, 15) is 4.79 Å². The molecule has 70 valence electrons. The smallest absolute Gasteiger partial charge is 0.238 e. The highest BCUT2D eigenvalue weighted by Gasteiger charge is 2.04. The highest BCUT2D eigenvalue weighted by atomic mass is 79.9. The zero-order valence-electron chi connectivity index (χ0n) is 7.30. The maximum atomic E-state index is 11.0. The van der Waals surface area contributed by atoms with E-state index in [2.05, 4.69) is 21.4 Å². The van der Waals surface area contributed by atoms with Crippen molar-refractivity contribution < 1.29 is 4.79 Å². The van der Waals surface area contributed by atoms with Gasteiger partial charge in [-0.05, 0) is 30.2 Å². The van der Waals surface area contributed by atoms with Crippen LogP contribution in [0, 0.1) is 6.92 Å². The average Bonchev–Trinajstić information content (AvgIpc) is 2.11. The van der Waals surface area contributed by atoms with Crippen molar-refractivity contribution in [2.75, 3.05) is 0 Å². The lowest BCUT2D eigenvalue weighted by atomic mass is 10.1. The van der Waals surface area contributed by atoms with E-state index in [4.69, 9.17) is 5.84 Å². The SMILES string of the molecule is Cc1ccc(Br)cc1CC(=O)NN. The molecule has 0 radical (unpaired) electrons. The summed E-state index contributed by atoms with van der Waals surface area (Å²) in [7, 11) is 0. The number of nitrogens with one attached hydrogen (secondary N) is 1. The monoisotopic (exact) mass is 242 g/mol. The Labute approximate surface area is 85.4 Å². The number of hydrogen-bond acceptors (Lipinski definition) is 2. The first-order valence-corrected chi connectivity index (χ1v) is 4.67. The predicted octanol–water partition coefficient (Wildman–Crippen LogP) is 1.29. The summed E-state index contributed by atoms with van der Waals surface area (Å²) in [6.07, 6.45) is 0.321.